The molecule has 1 saturated carbocycles. The van der Waals surface area contributed by atoms with Gasteiger partial charge in [-0.2, -0.15) is 0 Å². The minimum Gasteiger partial charge on any atom is -0.336 e. The number of para-hydroxylation sites is 2. The van der Waals surface area contributed by atoms with Crippen LogP contribution in [0.15, 0.2) is 42.5 Å². The number of hydrogen-bond acceptors (Lipinski definition) is 3. The van der Waals surface area contributed by atoms with E-state index in [0.717, 1.165) is 48.2 Å². The standard InChI is InChI=1S/C27H33N3O3/c1-18-9-8-10-19(2)25(18)28-24(31)17-29(3)26(32)21-12-5-6-13-22(21)27(33)30-16-15-20-11-4-7-14-23(20)30/h4,7-11,14,21-22H,5-6,12-13,15-17H2,1-3H3,(H,28,31). The molecule has 6 nitrogen and oxygen atoms in total. The second kappa shape index (κ2) is 9.77. The van der Waals surface area contributed by atoms with Crippen LogP contribution in [-0.2, 0) is 20.8 Å². The molecule has 1 heterocycles. The summed E-state index contributed by atoms with van der Waals surface area (Å²) < 4.78 is 0. The van der Waals surface area contributed by atoms with E-state index in [0.29, 0.717) is 13.0 Å². The number of likely N-dealkylation sites (N-methyl/N-ethyl adjacent to an activating group) is 1. The van der Waals surface area contributed by atoms with Gasteiger partial charge in [0.2, 0.25) is 17.7 Å². The molecular formula is C27H33N3O3. The normalized spacial score (nSPS) is 19.7. The quantitative estimate of drug-likeness (QED) is 0.750. The van der Waals surface area contributed by atoms with Gasteiger partial charge in [-0.25, -0.2) is 0 Å². The number of aryl methyl sites for hydroxylation is 2. The fourth-order valence-corrected chi connectivity index (χ4v) is 5.26. The molecule has 0 aromatic heterocycles. The number of fused-ring (bicyclic) bond motifs is 1. The zero-order valence-corrected chi connectivity index (χ0v) is 19.8. The Bertz CT molecular complexity index is 1040. The molecule has 174 valence electrons. The number of hydrogen-bond donors (Lipinski definition) is 1. The minimum atomic E-state index is -0.378. The number of anilines is 2. The van der Waals surface area contributed by atoms with Crippen LogP contribution in [0.3, 0.4) is 0 Å². The average Bonchev–Trinajstić information content (AvgIpc) is 3.25. The topological polar surface area (TPSA) is 69.7 Å². The highest BCUT2D eigenvalue weighted by Gasteiger charge is 2.40. The molecule has 0 bridgehead atoms. The molecule has 2 unspecified atom stereocenters. The summed E-state index contributed by atoms with van der Waals surface area (Å²) in [6, 6.07) is 13.9. The summed E-state index contributed by atoms with van der Waals surface area (Å²) in [7, 11) is 1.66. The van der Waals surface area contributed by atoms with E-state index >= 15 is 0 Å². The van der Waals surface area contributed by atoms with Crippen molar-refractivity contribution in [2.45, 2.75) is 46.0 Å². The molecule has 3 amide bonds. The number of nitrogens with zero attached hydrogens (tertiary/aromatic N) is 2. The third-order valence-electron chi connectivity index (χ3n) is 7.06. The highest BCUT2D eigenvalue weighted by molar-refractivity contribution is 6.00. The van der Waals surface area contributed by atoms with Crippen LogP contribution in [0.1, 0.15) is 42.4 Å². The average molecular weight is 448 g/mol. The Morgan fingerprint density at radius 2 is 1.64 bits per heavy atom. The third kappa shape index (κ3) is 4.80. The summed E-state index contributed by atoms with van der Waals surface area (Å²) in [5.74, 6) is -1.00. The second-order valence-corrected chi connectivity index (χ2v) is 9.38. The molecule has 2 aliphatic rings. The maximum atomic E-state index is 13.5. The number of nitrogens with one attached hydrogen (secondary N) is 1. The Labute approximate surface area is 196 Å². The van der Waals surface area contributed by atoms with Gasteiger partial charge in [0.1, 0.15) is 0 Å². The fraction of sp³-hybridized carbons (Fsp3) is 0.444. The van der Waals surface area contributed by atoms with E-state index in [9.17, 15) is 14.4 Å². The third-order valence-corrected chi connectivity index (χ3v) is 7.06. The lowest BCUT2D eigenvalue weighted by Gasteiger charge is -2.34. The maximum absolute atomic E-state index is 13.5. The number of rotatable bonds is 5. The number of benzene rings is 2. The molecule has 2 aromatic carbocycles. The molecule has 2 atom stereocenters. The zero-order chi connectivity index (χ0) is 23.5. The van der Waals surface area contributed by atoms with Gasteiger partial charge in [0, 0.05) is 30.9 Å². The van der Waals surface area contributed by atoms with Crippen LogP contribution in [0.25, 0.3) is 0 Å². The summed E-state index contributed by atoms with van der Waals surface area (Å²) in [5.41, 5.74) is 4.93. The lowest BCUT2D eigenvalue weighted by molar-refractivity contribution is -0.143. The smallest absolute Gasteiger partial charge is 0.243 e. The maximum Gasteiger partial charge on any atom is 0.243 e. The summed E-state index contributed by atoms with van der Waals surface area (Å²) >= 11 is 0. The molecule has 33 heavy (non-hydrogen) atoms. The molecule has 1 fully saturated rings. The van der Waals surface area contributed by atoms with E-state index < -0.39 is 0 Å². The number of carbonyl (C=O) groups is 3. The van der Waals surface area contributed by atoms with Crippen molar-refractivity contribution < 1.29 is 14.4 Å². The molecule has 0 saturated heterocycles. The van der Waals surface area contributed by atoms with Gasteiger partial charge in [-0.1, -0.05) is 49.2 Å². The van der Waals surface area contributed by atoms with Crippen molar-refractivity contribution in [2.75, 3.05) is 30.4 Å². The monoisotopic (exact) mass is 447 g/mol. The van der Waals surface area contributed by atoms with E-state index in [2.05, 4.69) is 11.4 Å². The Balaban J connectivity index is 1.43. The Hall–Kier alpha value is -3.15. The van der Waals surface area contributed by atoms with E-state index in [1.54, 1.807) is 7.05 Å². The van der Waals surface area contributed by atoms with Crippen LogP contribution in [-0.4, -0.2) is 42.8 Å². The van der Waals surface area contributed by atoms with E-state index in [1.807, 2.05) is 55.1 Å². The summed E-state index contributed by atoms with van der Waals surface area (Å²) in [6.07, 6.45) is 4.14. The van der Waals surface area contributed by atoms with E-state index in [1.165, 1.54) is 10.5 Å². The van der Waals surface area contributed by atoms with Crippen LogP contribution < -0.4 is 10.2 Å². The predicted octanol–water partition coefficient (Wildman–Crippen LogP) is 4.10. The highest BCUT2D eigenvalue weighted by Crippen LogP contribution is 2.36. The SMILES string of the molecule is Cc1cccc(C)c1NC(=O)CN(C)C(=O)C1CCCCC1C(=O)N1CCc2ccccc21. The molecule has 1 N–H and O–H groups in total. The van der Waals surface area contributed by atoms with Gasteiger partial charge in [0.25, 0.3) is 0 Å². The molecule has 0 spiro atoms. The van der Waals surface area contributed by atoms with Crippen LogP contribution in [0, 0.1) is 25.7 Å². The first-order chi connectivity index (χ1) is 15.9. The lowest BCUT2D eigenvalue weighted by Crippen LogP contribution is -2.47. The molecule has 6 heteroatoms. The molecule has 1 aliphatic carbocycles. The van der Waals surface area contributed by atoms with Gasteiger partial charge < -0.3 is 15.1 Å². The second-order valence-electron chi connectivity index (χ2n) is 9.38. The summed E-state index contributed by atoms with van der Waals surface area (Å²) in [6.45, 7) is 4.54. The number of carbonyl (C=O) groups excluding carboxylic acids is 3. The van der Waals surface area contributed by atoms with Crippen molar-refractivity contribution in [2.24, 2.45) is 11.8 Å². The van der Waals surface area contributed by atoms with Crippen molar-refractivity contribution in [1.82, 2.24) is 4.90 Å². The van der Waals surface area contributed by atoms with Crippen LogP contribution >= 0.6 is 0 Å². The highest BCUT2D eigenvalue weighted by atomic mass is 16.2. The van der Waals surface area contributed by atoms with Crippen LogP contribution in [0.5, 0.6) is 0 Å². The Kier molecular flexibility index (Phi) is 6.82. The lowest BCUT2D eigenvalue weighted by atomic mass is 9.77. The Morgan fingerprint density at radius 3 is 2.36 bits per heavy atom. The van der Waals surface area contributed by atoms with Crippen LogP contribution in [0.4, 0.5) is 11.4 Å². The fourth-order valence-electron chi connectivity index (χ4n) is 5.26. The minimum absolute atomic E-state index is 0.0312. The molecule has 2 aromatic rings. The van der Waals surface area contributed by atoms with Gasteiger partial charge in [-0.3, -0.25) is 14.4 Å². The van der Waals surface area contributed by atoms with Crippen molar-refractivity contribution in [3.8, 4) is 0 Å². The predicted molar refractivity (Wildman–Crippen MR) is 130 cm³/mol. The molecule has 0 radical (unpaired) electrons. The van der Waals surface area contributed by atoms with E-state index in [4.69, 9.17) is 0 Å². The van der Waals surface area contributed by atoms with Gasteiger partial charge in [-0.05, 0) is 55.9 Å². The molecular weight excluding hydrogens is 414 g/mol. The van der Waals surface area contributed by atoms with Gasteiger partial charge in [-0.15, -0.1) is 0 Å². The van der Waals surface area contributed by atoms with Crippen molar-refractivity contribution >= 4 is 29.1 Å². The first kappa shape index (κ1) is 23.0. The van der Waals surface area contributed by atoms with Gasteiger partial charge in [0.05, 0.1) is 12.5 Å². The Morgan fingerprint density at radius 1 is 0.970 bits per heavy atom. The van der Waals surface area contributed by atoms with Crippen molar-refractivity contribution in [3.63, 3.8) is 0 Å². The first-order valence-electron chi connectivity index (χ1n) is 11.9. The van der Waals surface area contributed by atoms with Crippen LogP contribution in [0.2, 0.25) is 0 Å². The molecule has 1 aliphatic heterocycles. The van der Waals surface area contributed by atoms with Gasteiger partial charge in [0.15, 0.2) is 0 Å². The van der Waals surface area contributed by atoms with E-state index in [-0.39, 0.29) is 36.1 Å². The summed E-state index contributed by atoms with van der Waals surface area (Å²) in [5, 5.41) is 2.95. The summed E-state index contributed by atoms with van der Waals surface area (Å²) in [4.78, 5) is 42.9. The van der Waals surface area contributed by atoms with Crippen molar-refractivity contribution in [3.05, 3.63) is 59.2 Å². The molecule has 4 rings (SSSR count). The number of amides is 3. The van der Waals surface area contributed by atoms with Gasteiger partial charge >= 0.3 is 0 Å². The zero-order valence-electron chi connectivity index (χ0n) is 19.8. The largest absolute Gasteiger partial charge is 0.336 e. The van der Waals surface area contributed by atoms with Crippen molar-refractivity contribution in [1.29, 1.82) is 0 Å². The first-order valence-corrected chi connectivity index (χ1v) is 11.9.